The van der Waals surface area contributed by atoms with Gasteiger partial charge in [0.05, 0.1) is 11.5 Å². The van der Waals surface area contributed by atoms with Gasteiger partial charge in [0.15, 0.2) is 0 Å². The van der Waals surface area contributed by atoms with Crippen molar-refractivity contribution < 1.29 is 9.59 Å². The zero-order valence-corrected chi connectivity index (χ0v) is 18.2. The molecule has 8 heteroatoms. The number of nitrogens with one attached hydrogen (secondary N) is 3. The molecule has 1 fully saturated rings. The number of piperidine rings is 1. The molecule has 2 atom stereocenters. The van der Waals surface area contributed by atoms with Gasteiger partial charge in [-0.1, -0.05) is 13.0 Å². The van der Waals surface area contributed by atoms with Crippen LogP contribution in [0.5, 0.6) is 0 Å². The fourth-order valence-electron chi connectivity index (χ4n) is 4.70. The predicted octanol–water partition coefficient (Wildman–Crippen LogP) is 3.22. The molecule has 2 amide bonds. The van der Waals surface area contributed by atoms with Crippen LogP contribution in [0.2, 0.25) is 0 Å². The van der Waals surface area contributed by atoms with Crippen molar-refractivity contribution in [3.63, 3.8) is 0 Å². The molecule has 3 heterocycles. The molecule has 164 valence electrons. The lowest BCUT2D eigenvalue weighted by atomic mass is 9.92. The molecule has 3 N–H and O–H groups in total. The first kappa shape index (κ1) is 21.1. The Morgan fingerprint density at radius 1 is 1.19 bits per heavy atom. The summed E-state index contributed by atoms with van der Waals surface area (Å²) in [5.74, 6) is -0.937. The van der Waals surface area contributed by atoms with E-state index in [1.54, 1.807) is 0 Å². The van der Waals surface area contributed by atoms with E-state index in [1.165, 1.54) is 0 Å². The quantitative estimate of drug-likeness (QED) is 0.700. The Morgan fingerprint density at radius 3 is 2.65 bits per heavy atom. The average Bonchev–Trinajstić information content (AvgIpc) is 2.71. The molecule has 0 spiro atoms. The number of benzene rings is 1. The largest absolute Gasteiger partial charge is 0.339 e. The van der Waals surface area contributed by atoms with Crippen LogP contribution in [-0.2, 0) is 9.59 Å². The van der Waals surface area contributed by atoms with E-state index < -0.39 is 5.92 Å². The van der Waals surface area contributed by atoms with Gasteiger partial charge in [-0.2, -0.15) is 4.98 Å². The molecule has 8 nitrogen and oxygen atoms in total. The van der Waals surface area contributed by atoms with Gasteiger partial charge < -0.3 is 15.5 Å². The first-order valence-corrected chi connectivity index (χ1v) is 11.0. The third-order valence-corrected chi connectivity index (χ3v) is 6.11. The molecule has 0 radical (unpaired) electrons. The Hall–Kier alpha value is -3.16. The highest BCUT2D eigenvalue weighted by Crippen LogP contribution is 2.32. The molecule has 4 rings (SSSR count). The van der Waals surface area contributed by atoms with Gasteiger partial charge in [0.25, 0.3) is 5.56 Å². The van der Waals surface area contributed by atoms with Crippen LogP contribution in [0, 0.1) is 13.8 Å². The number of carbonyl (C=O) groups excluding carboxylic acids is 2. The molecule has 2 aliphatic rings. The van der Waals surface area contributed by atoms with E-state index in [1.807, 2.05) is 32.0 Å². The fourth-order valence-corrected chi connectivity index (χ4v) is 4.70. The molecule has 0 aliphatic carbocycles. The molecule has 0 bridgehead atoms. The SMILES string of the molecule is CC[C@H]1CCCCN1c1nc2c(c(=O)[nH]1)[C@@H](C(=O)Nc1cc(C)cc(C)c1)CC(=O)N2. The highest BCUT2D eigenvalue weighted by Gasteiger charge is 2.35. The molecule has 0 unspecified atom stereocenters. The lowest BCUT2D eigenvalue weighted by Gasteiger charge is -2.36. The summed E-state index contributed by atoms with van der Waals surface area (Å²) in [5, 5.41) is 5.57. The van der Waals surface area contributed by atoms with Gasteiger partial charge in [0.2, 0.25) is 17.8 Å². The summed E-state index contributed by atoms with van der Waals surface area (Å²) in [4.78, 5) is 48.0. The highest BCUT2D eigenvalue weighted by atomic mass is 16.2. The summed E-state index contributed by atoms with van der Waals surface area (Å²) in [6, 6.07) is 6.04. The second kappa shape index (κ2) is 8.53. The smallest absolute Gasteiger partial charge is 0.258 e. The first-order valence-electron chi connectivity index (χ1n) is 11.0. The predicted molar refractivity (Wildman–Crippen MR) is 121 cm³/mol. The number of aromatic nitrogens is 2. The maximum Gasteiger partial charge on any atom is 0.258 e. The molecular weight excluding hydrogens is 394 g/mol. The Morgan fingerprint density at radius 2 is 1.94 bits per heavy atom. The summed E-state index contributed by atoms with van der Waals surface area (Å²) >= 11 is 0. The van der Waals surface area contributed by atoms with Gasteiger partial charge in [-0.15, -0.1) is 0 Å². The molecule has 31 heavy (non-hydrogen) atoms. The van der Waals surface area contributed by atoms with Crippen LogP contribution in [-0.4, -0.2) is 34.4 Å². The summed E-state index contributed by atoms with van der Waals surface area (Å²) in [6.07, 6.45) is 4.10. The van der Waals surface area contributed by atoms with Crippen LogP contribution in [0.15, 0.2) is 23.0 Å². The number of nitrogens with zero attached hydrogens (tertiary/aromatic N) is 2. The zero-order valence-electron chi connectivity index (χ0n) is 18.2. The lowest BCUT2D eigenvalue weighted by Crippen LogP contribution is -2.43. The van der Waals surface area contributed by atoms with Crippen LogP contribution in [0.1, 0.15) is 61.6 Å². The molecule has 2 aromatic rings. The zero-order chi connectivity index (χ0) is 22.1. The summed E-state index contributed by atoms with van der Waals surface area (Å²) in [6.45, 7) is 6.83. The lowest BCUT2D eigenvalue weighted by molar-refractivity contribution is -0.123. The molecular formula is C23H29N5O3. The van der Waals surface area contributed by atoms with Gasteiger partial charge in [-0.25, -0.2) is 0 Å². The number of aryl methyl sites for hydroxylation is 2. The van der Waals surface area contributed by atoms with Crippen LogP contribution in [0.25, 0.3) is 0 Å². The first-order chi connectivity index (χ1) is 14.9. The van der Waals surface area contributed by atoms with Gasteiger partial charge in [0, 0.05) is 24.7 Å². The van der Waals surface area contributed by atoms with Gasteiger partial charge in [0.1, 0.15) is 5.82 Å². The van der Waals surface area contributed by atoms with Crippen molar-refractivity contribution in [2.45, 2.75) is 64.8 Å². The second-order valence-corrected chi connectivity index (χ2v) is 8.57. The van der Waals surface area contributed by atoms with Gasteiger partial charge in [-0.05, 0) is 62.8 Å². The summed E-state index contributed by atoms with van der Waals surface area (Å²) in [7, 11) is 0. The van der Waals surface area contributed by atoms with Gasteiger partial charge >= 0.3 is 0 Å². The number of carbonyl (C=O) groups is 2. The second-order valence-electron chi connectivity index (χ2n) is 8.57. The number of aromatic amines is 1. The Labute approximate surface area is 181 Å². The monoisotopic (exact) mass is 423 g/mol. The van der Waals surface area contributed by atoms with E-state index in [0.717, 1.165) is 43.4 Å². The summed E-state index contributed by atoms with van der Waals surface area (Å²) in [5.41, 5.74) is 2.54. The number of fused-ring (bicyclic) bond motifs is 1. The maximum atomic E-state index is 13.1. The van der Waals surface area contributed by atoms with Gasteiger partial charge in [-0.3, -0.25) is 19.4 Å². The third-order valence-electron chi connectivity index (χ3n) is 6.11. The Balaban J connectivity index is 1.66. The highest BCUT2D eigenvalue weighted by molar-refractivity contribution is 6.04. The molecule has 2 aliphatic heterocycles. The van der Waals surface area contributed by atoms with Crippen molar-refractivity contribution in [3.8, 4) is 0 Å². The standard InChI is InChI=1S/C23H29N5O3/c1-4-16-7-5-6-8-28(16)23-26-20-19(22(31)27-23)17(12-18(29)25-20)21(30)24-15-10-13(2)9-14(3)11-15/h9-11,16-17H,4-8,12H2,1-3H3,(H,24,30)(H2,25,26,27,29,31)/t16-,17-/m0/s1. The minimum atomic E-state index is -0.891. The number of H-pyrrole nitrogens is 1. The van der Waals surface area contributed by atoms with Crippen LogP contribution >= 0.6 is 0 Å². The molecule has 1 saturated heterocycles. The Bertz CT molecular complexity index is 1060. The van der Waals surface area contributed by atoms with Crippen LogP contribution in [0.4, 0.5) is 17.5 Å². The minimum Gasteiger partial charge on any atom is -0.339 e. The minimum absolute atomic E-state index is 0.0883. The normalized spacial score (nSPS) is 20.7. The fraction of sp³-hybridized carbons (Fsp3) is 0.478. The van der Waals surface area contributed by atoms with Crippen molar-refractivity contribution in [2.24, 2.45) is 0 Å². The number of hydrogen-bond acceptors (Lipinski definition) is 5. The van der Waals surface area contributed by atoms with Crippen molar-refractivity contribution in [2.75, 3.05) is 22.1 Å². The molecule has 1 aromatic heterocycles. The Kier molecular flexibility index (Phi) is 5.80. The van der Waals surface area contributed by atoms with Crippen LogP contribution in [0.3, 0.4) is 0 Å². The van der Waals surface area contributed by atoms with E-state index in [-0.39, 0.29) is 35.2 Å². The van der Waals surface area contributed by atoms with Crippen molar-refractivity contribution in [1.29, 1.82) is 0 Å². The third kappa shape index (κ3) is 4.33. The van der Waals surface area contributed by atoms with Crippen molar-refractivity contribution in [3.05, 3.63) is 45.2 Å². The summed E-state index contributed by atoms with van der Waals surface area (Å²) < 4.78 is 0. The van der Waals surface area contributed by atoms with E-state index in [2.05, 4.69) is 32.4 Å². The van der Waals surface area contributed by atoms with Crippen LogP contribution < -0.4 is 21.1 Å². The number of amides is 2. The molecule has 1 aromatic carbocycles. The topological polar surface area (TPSA) is 107 Å². The number of anilines is 3. The average molecular weight is 424 g/mol. The molecule has 0 saturated carbocycles. The number of hydrogen-bond donors (Lipinski definition) is 3. The van der Waals surface area contributed by atoms with E-state index in [4.69, 9.17) is 0 Å². The van der Waals surface area contributed by atoms with E-state index >= 15 is 0 Å². The van der Waals surface area contributed by atoms with E-state index in [9.17, 15) is 14.4 Å². The maximum absolute atomic E-state index is 13.1. The number of rotatable bonds is 4. The van der Waals surface area contributed by atoms with E-state index in [0.29, 0.717) is 17.7 Å². The van der Waals surface area contributed by atoms with Crippen molar-refractivity contribution >= 4 is 29.3 Å². The van der Waals surface area contributed by atoms with Crippen molar-refractivity contribution in [1.82, 2.24) is 9.97 Å².